The summed E-state index contributed by atoms with van der Waals surface area (Å²) in [5, 5.41) is 12.6. The fraction of sp³-hybridized carbons (Fsp3) is 0.429. The second-order valence-electron chi connectivity index (χ2n) is 10.1. The van der Waals surface area contributed by atoms with E-state index in [-0.39, 0.29) is 17.0 Å². The first kappa shape index (κ1) is 23.6. The average Bonchev–Trinajstić information content (AvgIpc) is 2.68. The van der Waals surface area contributed by atoms with Gasteiger partial charge in [-0.1, -0.05) is 13.0 Å². The minimum Gasteiger partial charge on any atom is -0.364 e. The van der Waals surface area contributed by atoms with Gasteiger partial charge in [0.15, 0.2) is 0 Å². The normalized spacial score (nSPS) is 17.7. The van der Waals surface area contributed by atoms with Crippen molar-refractivity contribution in [2.45, 2.75) is 79.3 Å². The maximum absolute atomic E-state index is 12.8. The summed E-state index contributed by atoms with van der Waals surface area (Å²) in [5.74, 6) is 0.0171. The van der Waals surface area contributed by atoms with Crippen LogP contribution in [0.15, 0.2) is 35.9 Å². The SMILES string of the molecule is Cc1ccc(NC(=O)/C(C#N)=C\c2cc3c(cc2C)N(C(C)C)C(C)(C)CC3C)cc1C. The zero-order valence-corrected chi connectivity index (χ0v) is 20.6. The number of hydrogen-bond donors (Lipinski definition) is 1. The lowest BCUT2D eigenvalue weighted by molar-refractivity contribution is -0.112. The molecule has 0 aromatic heterocycles. The largest absolute Gasteiger partial charge is 0.364 e. The van der Waals surface area contributed by atoms with Crippen LogP contribution < -0.4 is 10.2 Å². The Balaban J connectivity index is 1.98. The van der Waals surface area contributed by atoms with Crippen molar-refractivity contribution in [1.29, 1.82) is 5.26 Å². The van der Waals surface area contributed by atoms with Gasteiger partial charge in [-0.05, 0) is 119 Å². The molecule has 4 nitrogen and oxygen atoms in total. The fourth-order valence-electron chi connectivity index (χ4n) is 5.07. The first-order chi connectivity index (χ1) is 14.9. The average molecular weight is 430 g/mol. The number of hydrogen-bond acceptors (Lipinski definition) is 3. The van der Waals surface area contributed by atoms with Crippen LogP contribution in [-0.2, 0) is 4.79 Å². The van der Waals surface area contributed by atoms with Crippen molar-refractivity contribution in [2.75, 3.05) is 10.2 Å². The number of nitrogens with zero attached hydrogens (tertiary/aromatic N) is 2. The summed E-state index contributed by atoms with van der Waals surface area (Å²) >= 11 is 0. The summed E-state index contributed by atoms with van der Waals surface area (Å²) in [6.07, 6.45) is 2.78. The third-order valence-electron chi connectivity index (χ3n) is 6.61. The summed E-state index contributed by atoms with van der Waals surface area (Å²) in [4.78, 5) is 15.3. The van der Waals surface area contributed by atoms with Gasteiger partial charge in [-0.3, -0.25) is 4.79 Å². The Morgan fingerprint density at radius 1 is 1.16 bits per heavy atom. The van der Waals surface area contributed by atoms with Crippen LogP contribution in [0.5, 0.6) is 0 Å². The van der Waals surface area contributed by atoms with E-state index in [0.29, 0.717) is 17.6 Å². The van der Waals surface area contributed by atoms with E-state index in [1.54, 1.807) is 6.08 Å². The van der Waals surface area contributed by atoms with Crippen molar-refractivity contribution in [3.05, 3.63) is 63.7 Å². The molecule has 168 valence electrons. The lowest BCUT2D eigenvalue weighted by atomic mass is 9.78. The molecule has 1 unspecified atom stereocenters. The molecule has 0 saturated carbocycles. The summed E-state index contributed by atoms with van der Waals surface area (Å²) < 4.78 is 0. The highest BCUT2D eigenvalue weighted by molar-refractivity contribution is 6.09. The monoisotopic (exact) mass is 429 g/mol. The molecule has 0 radical (unpaired) electrons. The number of fused-ring (bicyclic) bond motifs is 1. The molecule has 1 aliphatic rings. The molecule has 0 spiro atoms. The number of amides is 1. The topological polar surface area (TPSA) is 56.1 Å². The quantitative estimate of drug-likeness (QED) is 0.437. The van der Waals surface area contributed by atoms with Gasteiger partial charge in [-0.2, -0.15) is 5.26 Å². The lowest BCUT2D eigenvalue weighted by Gasteiger charge is -2.50. The van der Waals surface area contributed by atoms with Crippen LogP contribution in [0.2, 0.25) is 0 Å². The number of nitriles is 1. The van der Waals surface area contributed by atoms with Crippen LogP contribution in [0, 0.1) is 32.1 Å². The van der Waals surface area contributed by atoms with Crippen molar-refractivity contribution < 1.29 is 4.79 Å². The van der Waals surface area contributed by atoms with E-state index >= 15 is 0 Å². The number of aryl methyl sites for hydroxylation is 3. The molecule has 0 fully saturated rings. The predicted molar refractivity (Wildman–Crippen MR) is 134 cm³/mol. The van der Waals surface area contributed by atoms with E-state index in [1.807, 2.05) is 39.0 Å². The Morgan fingerprint density at radius 2 is 1.84 bits per heavy atom. The molecule has 2 aromatic carbocycles. The number of benzene rings is 2. The first-order valence-electron chi connectivity index (χ1n) is 11.4. The summed E-state index contributed by atoms with van der Waals surface area (Å²) in [6, 6.07) is 12.6. The summed E-state index contributed by atoms with van der Waals surface area (Å²) in [7, 11) is 0. The van der Waals surface area contributed by atoms with Crippen LogP contribution in [0.3, 0.4) is 0 Å². The third kappa shape index (κ3) is 4.58. The summed E-state index contributed by atoms with van der Waals surface area (Å²) in [6.45, 7) is 17.4. The van der Waals surface area contributed by atoms with Crippen molar-refractivity contribution in [3.63, 3.8) is 0 Å². The first-order valence-corrected chi connectivity index (χ1v) is 11.4. The second-order valence-corrected chi connectivity index (χ2v) is 10.1. The Hall–Kier alpha value is -3.06. The standard InChI is InChI=1S/C28H35N3O/c1-17(2)31-26-12-20(5)22(14-25(26)21(6)15-28(31,7)8)13-23(16-29)27(32)30-24-10-9-18(3)19(4)11-24/h9-14,17,21H,15H2,1-8H3,(H,30,32)/b23-13-. The molecule has 1 heterocycles. The molecule has 1 amide bonds. The molecular formula is C28H35N3O. The van der Waals surface area contributed by atoms with Gasteiger partial charge in [-0.15, -0.1) is 0 Å². The predicted octanol–water partition coefficient (Wildman–Crippen LogP) is 6.66. The van der Waals surface area contributed by atoms with Gasteiger partial charge in [0.1, 0.15) is 11.6 Å². The maximum atomic E-state index is 12.8. The Kier molecular flexibility index (Phi) is 6.51. The third-order valence-corrected chi connectivity index (χ3v) is 6.61. The molecule has 1 N–H and O–H groups in total. The number of rotatable bonds is 4. The molecule has 32 heavy (non-hydrogen) atoms. The van der Waals surface area contributed by atoms with Crippen molar-refractivity contribution in [1.82, 2.24) is 0 Å². The van der Waals surface area contributed by atoms with Gasteiger partial charge >= 0.3 is 0 Å². The molecule has 4 heteroatoms. The van der Waals surface area contributed by atoms with Crippen molar-refractivity contribution in [2.24, 2.45) is 0 Å². The fourth-order valence-corrected chi connectivity index (χ4v) is 5.07. The smallest absolute Gasteiger partial charge is 0.266 e. The molecule has 1 atom stereocenters. The molecule has 0 aliphatic carbocycles. The van der Waals surface area contributed by atoms with Gasteiger partial charge in [0.25, 0.3) is 5.91 Å². The second kappa shape index (κ2) is 8.82. The molecule has 2 aromatic rings. The summed E-state index contributed by atoms with van der Waals surface area (Å²) in [5.41, 5.74) is 7.67. The van der Waals surface area contributed by atoms with E-state index in [2.05, 4.69) is 63.0 Å². The van der Waals surface area contributed by atoms with Crippen LogP contribution in [0.25, 0.3) is 6.08 Å². The maximum Gasteiger partial charge on any atom is 0.266 e. The Morgan fingerprint density at radius 3 is 2.44 bits per heavy atom. The van der Waals surface area contributed by atoms with E-state index in [1.165, 1.54) is 11.3 Å². The number of anilines is 2. The lowest BCUT2D eigenvalue weighted by Crippen LogP contribution is -2.51. The van der Waals surface area contributed by atoms with Crippen LogP contribution in [-0.4, -0.2) is 17.5 Å². The van der Waals surface area contributed by atoms with Gasteiger partial charge in [0, 0.05) is 23.0 Å². The molecule has 0 saturated heterocycles. The minimum atomic E-state index is -0.383. The number of carbonyl (C=O) groups excluding carboxylic acids is 1. The van der Waals surface area contributed by atoms with Gasteiger partial charge in [0.2, 0.25) is 0 Å². The minimum absolute atomic E-state index is 0.0776. The Labute approximate surface area is 192 Å². The highest BCUT2D eigenvalue weighted by Gasteiger charge is 2.37. The van der Waals surface area contributed by atoms with Gasteiger partial charge in [-0.25, -0.2) is 0 Å². The van der Waals surface area contributed by atoms with Gasteiger partial charge in [0.05, 0.1) is 0 Å². The number of carbonyl (C=O) groups is 1. The highest BCUT2D eigenvalue weighted by atomic mass is 16.1. The van der Waals surface area contributed by atoms with Gasteiger partial charge < -0.3 is 10.2 Å². The Bertz CT molecular complexity index is 1120. The van der Waals surface area contributed by atoms with E-state index in [0.717, 1.165) is 28.7 Å². The molecule has 0 bridgehead atoms. The van der Waals surface area contributed by atoms with Crippen molar-refractivity contribution in [3.8, 4) is 6.07 Å². The highest BCUT2D eigenvalue weighted by Crippen LogP contribution is 2.45. The van der Waals surface area contributed by atoms with E-state index < -0.39 is 0 Å². The zero-order chi connectivity index (χ0) is 23.8. The van der Waals surface area contributed by atoms with Crippen LogP contribution in [0.1, 0.15) is 74.8 Å². The number of nitrogens with one attached hydrogen (secondary N) is 1. The molecule has 1 aliphatic heterocycles. The molecular weight excluding hydrogens is 394 g/mol. The van der Waals surface area contributed by atoms with Crippen molar-refractivity contribution >= 4 is 23.4 Å². The zero-order valence-electron chi connectivity index (χ0n) is 20.6. The molecule has 3 rings (SSSR count). The van der Waals surface area contributed by atoms with E-state index in [9.17, 15) is 10.1 Å². The van der Waals surface area contributed by atoms with E-state index in [4.69, 9.17) is 0 Å². The van der Waals surface area contributed by atoms with Crippen LogP contribution in [0.4, 0.5) is 11.4 Å². The van der Waals surface area contributed by atoms with Crippen LogP contribution >= 0.6 is 0 Å².